The Morgan fingerprint density at radius 3 is 2.47 bits per heavy atom. The summed E-state index contributed by atoms with van der Waals surface area (Å²) in [7, 11) is 3.05. The van der Waals surface area contributed by atoms with Crippen LogP contribution in [0.2, 0.25) is 0 Å². The van der Waals surface area contributed by atoms with E-state index < -0.39 is 18.0 Å². The molecule has 7 heteroatoms. The van der Waals surface area contributed by atoms with Crippen LogP contribution in [0.25, 0.3) is 6.08 Å². The first kappa shape index (κ1) is 21.5. The van der Waals surface area contributed by atoms with E-state index in [4.69, 9.17) is 14.2 Å². The highest BCUT2D eigenvalue weighted by Crippen LogP contribution is 2.38. The van der Waals surface area contributed by atoms with Gasteiger partial charge in [-0.05, 0) is 63.5 Å². The van der Waals surface area contributed by atoms with E-state index in [1.807, 2.05) is 0 Å². The van der Waals surface area contributed by atoms with Gasteiger partial charge in [0.1, 0.15) is 0 Å². The molecule has 1 amide bonds. The summed E-state index contributed by atoms with van der Waals surface area (Å²) in [4.78, 5) is 24.6. The molecule has 1 N–H and O–H groups in total. The first-order valence-corrected chi connectivity index (χ1v) is 9.94. The molecule has 2 aromatic rings. The number of carbonyl (C=O) groups excluding carboxylic acids is 2. The molecular formula is C23H28N2O5. The van der Waals surface area contributed by atoms with Crippen LogP contribution in [0.4, 0.5) is 5.69 Å². The fourth-order valence-electron chi connectivity index (χ4n) is 3.45. The number of amides is 1. The standard InChI is InChI=1S/C23H28N2O5/c1-14-12-17(15(2)25(14)19-8-9-19)6-11-22(26)30-16(3)23(27)24-18-7-10-20(28-4)21(13-18)29-5/h6-7,10-13,16,19H,8-9H2,1-5H3,(H,24,27)/b11-6+/t16-/m0/s1. The van der Waals surface area contributed by atoms with Crippen LogP contribution in [0.5, 0.6) is 11.5 Å². The van der Waals surface area contributed by atoms with Gasteiger partial charge < -0.3 is 24.1 Å². The molecule has 160 valence electrons. The average Bonchev–Trinajstić information content (AvgIpc) is 3.51. The zero-order chi connectivity index (χ0) is 21.8. The lowest BCUT2D eigenvalue weighted by Crippen LogP contribution is -2.29. The third-order valence-electron chi connectivity index (χ3n) is 5.15. The SMILES string of the molecule is COc1ccc(NC(=O)[C@H](C)OC(=O)/C=C/c2cc(C)n(C3CC3)c2C)cc1OC. The van der Waals surface area contributed by atoms with Crippen LogP contribution < -0.4 is 14.8 Å². The van der Waals surface area contributed by atoms with Crippen molar-refractivity contribution in [1.29, 1.82) is 0 Å². The number of ether oxygens (including phenoxy) is 3. The maximum Gasteiger partial charge on any atom is 0.331 e. The van der Waals surface area contributed by atoms with Gasteiger partial charge in [0.2, 0.25) is 0 Å². The largest absolute Gasteiger partial charge is 0.493 e. The summed E-state index contributed by atoms with van der Waals surface area (Å²) in [5, 5.41) is 2.71. The van der Waals surface area contributed by atoms with Crippen LogP contribution in [0.3, 0.4) is 0 Å². The third-order valence-corrected chi connectivity index (χ3v) is 5.15. The van der Waals surface area contributed by atoms with E-state index in [-0.39, 0.29) is 0 Å². The molecule has 0 unspecified atom stereocenters. The third kappa shape index (κ3) is 4.84. The molecule has 1 atom stereocenters. The fourth-order valence-corrected chi connectivity index (χ4v) is 3.45. The van der Waals surface area contributed by atoms with Gasteiger partial charge in [0.15, 0.2) is 17.6 Å². The summed E-state index contributed by atoms with van der Waals surface area (Å²) in [6.07, 6.45) is 4.55. The van der Waals surface area contributed by atoms with E-state index in [0.29, 0.717) is 23.2 Å². The van der Waals surface area contributed by atoms with Gasteiger partial charge in [-0.3, -0.25) is 4.79 Å². The van der Waals surface area contributed by atoms with Gasteiger partial charge in [0.05, 0.1) is 14.2 Å². The van der Waals surface area contributed by atoms with Gasteiger partial charge in [0, 0.05) is 35.3 Å². The zero-order valence-electron chi connectivity index (χ0n) is 18.0. The van der Waals surface area contributed by atoms with Gasteiger partial charge in [-0.1, -0.05) is 0 Å². The summed E-state index contributed by atoms with van der Waals surface area (Å²) in [5.41, 5.74) is 3.83. The van der Waals surface area contributed by atoms with E-state index in [1.165, 1.54) is 45.8 Å². The minimum atomic E-state index is -0.950. The minimum Gasteiger partial charge on any atom is -0.493 e. The maximum atomic E-state index is 12.4. The predicted molar refractivity (Wildman–Crippen MR) is 115 cm³/mol. The van der Waals surface area contributed by atoms with Crippen molar-refractivity contribution in [3.63, 3.8) is 0 Å². The maximum absolute atomic E-state index is 12.4. The van der Waals surface area contributed by atoms with E-state index in [9.17, 15) is 9.59 Å². The molecule has 0 saturated heterocycles. The second kappa shape index (κ2) is 9.07. The van der Waals surface area contributed by atoms with Gasteiger partial charge in [-0.25, -0.2) is 4.79 Å². The van der Waals surface area contributed by atoms with Gasteiger partial charge in [-0.15, -0.1) is 0 Å². The quantitative estimate of drug-likeness (QED) is 0.523. The lowest BCUT2D eigenvalue weighted by atomic mass is 10.2. The Morgan fingerprint density at radius 1 is 1.13 bits per heavy atom. The number of hydrogen-bond acceptors (Lipinski definition) is 5. The molecule has 1 fully saturated rings. The van der Waals surface area contributed by atoms with Crippen molar-refractivity contribution in [3.05, 3.63) is 47.3 Å². The zero-order valence-corrected chi connectivity index (χ0v) is 18.0. The van der Waals surface area contributed by atoms with Crippen molar-refractivity contribution in [2.45, 2.75) is 45.8 Å². The van der Waals surface area contributed by atoms with Crippen LogP contribution in [-0.4, -0.2) is 36.8 Å². The van der Waals surface area contributed by atoms with Crippen molar-refractivity contribution in [3.8, 4) is 11.5 Å². The number of nitrogens with one attached hydrogen (secondary N) is 1. The van der Waals surface area contributed by atoms with Gasteiger partial charge in [0.25, 0.3) is 5.91 Å². The molecule has 3 rings (SSSR count). The van der Waals surface area contributed by atoms with Gasteiger partial charge in [-0.2, -0.15) is 0 Å². The van der Waals surface area contributed by atoms with Crippen LogP contribution in [-0.2, 0) is 14.3 Å². The second-order valence-corrected chi connectivity index (χ2v) is 7.40. The highest BCUT2D eigenvalue weighted by Gasteiger charge is 2.26. The molecule has 1 aromatic carbocycles. The molecule has 0 bridgehead atoms. The molecule has 0 spiro atoms. The number of rotatable bonds is 8. The number of anilines is 1. The summed E-state index contributed by atoms with van der Waals surface area (Å²) >= 11 is 0. The molecule has 1 aliphatic rings. The molecular weight excluding hydrogens is 384 g/mol. The fraction of sp³-hybridized carbons (Fsp3) is 0.391. The van der Waals surface area contributed by atoms with Gasteiger partial charge >= 0.3 is 5.97 Å². The Kier molecular flexibility index (Phi) is 6.50. The average molecular weight is 412 g/mol. The Hall–Kier alpha value is -3.22. The van der Waals surface area contributed by atoms with Crippen LogP contribution in [0, 0.1) is 13.8 Å². The predicted octanol–water partition coefficient (Wildman–Crippen LogP) is 4.04. The van der Waals surface area contributed by atoms with Crippen LogP contribution in [0.15, 0.2) is 30.3 Å². The molecule has 0 aliphatic heterocycles. The number of nitrogens with zero attached hydrogens (tertiary/aromatic N) is 1. The van der Waals surface area contributed by atoms with Crippen molar-refractivity contribution < 1.29 is 23.8 Å². The molecule has 1 aliphatic carbocycles. The normalized spacial score (nSPS) is 14.4. The smallest absolute Gasteiger partial charge is 0.331 e. The molecule has 0 radical (unpaired) electrons. The summed E-state index contributed by atoms with van der Waals surface area (Å²) in [6.45, 7) is 5.65. The van der Waals surface area contributed by atoms with Crippen molar-refractivity contribution >= 4 is 23.6 Å². The number of methoxy groups -OCH3 is 2. The lowest BCUT2D eigenvalue weighted by molar-refractivity contribution is -0.148. The summed E-state index contributed by atoms with van der Waals surface area (Å²) in [5.74, 6) is 0.0462. The second-order valence-electron chi connectivity index (χ2n) is 7.40. The number of benzene rings is 1. The first-order valence-electron chi connectivity index (χ1n) is 9.94. The van der Waals surface area contributed by atoms with Crippen molar-refractivity contribution in [1.82, 2.24) is 4.57 Å². The van der Waals surface area contributed by atoms with E-state index >= 15 is 0 Å². The van der Waals surface area contributed by atoms with E-state index in [0.717, 1.165) is 11.3 Å². The number of carbonyl (C=O) groups is 2. The summed E-state index contributed by atoms with van der Waals surface area (Å²) < 4.78 is 18.0. The Bertz CT molecular complexity index is 972. The monoisotopic (exact) mass is 412 g/mol. The summed E-state index contributed by atoms with van der Waals surface area (Å²) in [6, 6.07) is 7.65. The lowest BCUT2D eigenvalue weighted by Gasteiger charge is -2.14. The number of esters is 1. The minimum absolute atomic E-state index is 0.434. The molecule has 1 saturated carbocycles. The number of aromatic nitrogens is 1. The number of hydrogen-bond donors (Lipinski definition) is 1. The molecule has 7 nitrogen and oxygen atoms in total. The molecule has 1 aromatic heterocycles. The van der Waals surface area contributed by atoms with E-state index in [1.54, 1.807) is 24.3 Å². The van der Waals surface area contributed by atoms with Crippen molar-refractivity contribution in [2.24, 2.45) is 0 Å². The van der Waals surface area contributed by atoms with E-state index in [2.05, 4.69) is 29.8 Å². The Morgan fingerprint density at radius 2 is 1.83 bits per heavy atom. The van der Waals surface area contributed by atoms with Crippen molar-refractivity contribution in [2.75, 3.05) is 19.5 Å². The Balaban J connectivity index is 1.58. The first-order chi connectivity index (χ1) is 14.3. The Labute approximate surface area is 176 Å². The molecule has 1 heterocycles. The van der Waals surface area contributed by atoms with Crippen LogP contribution in [0.1, 0.15) is 42.8 Å². The van der Waals surface area contributed by atoms with Crippen LogP contribution >= 0.6 is 0 Å². The highest BCUT2D eigenvalue weighted by atomic mass is 16.5. The topological polar surface area (TPSA) is 78.8 Å². The molecule has 30 heavy (non-hydrogen) atoms. The number of aryl methyl sites for hydroxylation is 1. The highest BCUT2D eigenvalue weighted by molar-refractivity contribution is 5.96.